The third-order valence-electron chi connectivity index (χ3n) is 3.95. The van der Waals surface area contributed by atoms with Crippen LogP contribution in [0.1, 0.15) is 27.8 Å². The van der Waals surface area contributed by atoms with Crippen molar-refractivity contribution >= 4 is 15.7 Å². The SMILES string of the molecule is Cc1c(C)c(C)c(S(=O)(=O)Nc2cn[nH]c2)c(C)c1C. The van der Waals surface area contributed by atoms with Crippen LogP contribution in [0.15, 0.2) is 17.3 Å². The highest BCUT2D eigenvalue weighted by Gasteiger charge is 2.23. The molecule has 6 heteroatoms. The van der Waals surface area contributed by atoms with Gasteiger partial charge in [-0.15, -0.1) is 0 Å². The summed E-state index contributed by atoms with van der Waals surface area (Å²) in [6, 6.07) is 0. The van der Waals surface area contributed by atoms with Crippen LogP contribution in [0, 0.1) is 34.6 Å². The van der Waals surface area contributed by atoms with Crippen LogP contribution in [0.4, 0.5) is 5.69 Å². The average Bonchev–Trinajstić information content (AvgIpc) is 2.86. The summed E-state index contributed by atoms with van der Waals surface area (Å²) >= 11 is 0. The monoisotopic (exact) mass is 293 g/mol. The molecule has 0 fully saturated rings. The fourth-order valence-electron chi connectivity index (χ4n) is 2.38. The van der Waals surface area contributed by atoms with Crippen molar-refractivity contribution in [2.45, 2.75) is 39.5 Å². The number of aromatic amines is 1. The Morgan fingerprint density at radius 1 is 0.950 bits per heavy atom. The zero-order chi connectivity index (χ0) is 15.1. The van der Waals surface area contributed by atoms with Gasteiger partial charge in [-0.3, -0.25) is 9.82 Å². The number of benzene rings is 1. The van der Waals surface area contributed by atoms with Crippen LogP contribution >= 0.6 is 0 Å². The lowest BCUT2D eigenvalue weighted by Gasteiger charge is -2.18. The van der Waals surface area contributed by atoms with Gasteiger partial charge in [-0.2, -0.15) is 5.10 Å². The maximum Gasteiger partial charge on any atom is 0.262 e. The van der Waals surface area contributed by atoms with Gasteiger partial charge in [0.1, 0.15) is 0 Å². The van der Waals surface area contributed by atoms with Gasteiger partial charge in [0, 0.05) is 6.20 Å². The Labute approximate surface area is 119 Å². The van der Waals surface area contributed by atoms with Gasteiger partial charge in [-0.25, -0.2) is 8.42 Å². The molecule has 0 amide bonds. The summed E-state index contributed by atoms with van der Waals surface area (Å²) in [5, 5.41) is 6.33. The summed E-state index contributed by atoms with van der Waals surface area (Å²) in [4.78, 5) is 0.360. The second-order valence-corrected chi connectivity index (χ2v) is 6.67. The molecular formula is C14H19N3O2S. The minimum Gasteiger partial charge on any atom is -0.284 e. The van der Waals surface area contributed by atoms with Crippen molar-refractivity contribution in [3.05, 3.63) is 40.2 Å². The van der Waals surface area contributed by atoms with Crippen LogP contribution in [0.2, 0.25) is 0 Å². The van der Waals surface area contributed by atoms with E-state index in [1.807, 2.05) is 34.6 Å². The second-order valence-electron chi connectivity index (χ2n) is 5.05. The van der Waals surface area contributed by atoms with Crippen molar-refractivity contribution in [3.8, 4) is 0 Å². The summed E-state index contributed by atoms with van der Waals surface area (Å²) in [5.74, 6) is 0. The van der Waals surface area contributed by atoms with E-state index in [1.54, 1.807) is 0 Å². The number of nitrogens with zero attached hydrogens (tertiary/aromatic N) is 1. The molecule has 0 unspecified atom stereocenters. The first-order valence-corrected chi connectivity index (χ1v) is 7.82. The van der Waals surface area contributed by atoms with Crippen LogP contribution in [0.3, 0.4) is 0 Å². The van der Waals surface area contributed by atoms with E-state index in [9.17, 15) is 8.42 Å². The average molecular weight is 293 g/mol. The smallest absolute Gasteiger partial charge is 0.262 e. The molecule has 0 aliphatic heterocycles. The van der Waals surface area contributed by atoms with Gasteiger partial charge in [0.15, 0.2) is 0 Å². The molecule has 0 saturated carbocycles. The van der Waals surface area contributed by atoms with Crippen LogP contribution in [0.5, 0.6) is 0 Å². The zero-order valence-electron chi connectivity index (χ0n) is 12.3. The van der Waals surface area contributed by atoms with E-state index < -0.39 is 10.0 Å². The van der Waals surface area contributed by atoms with E-state index in [2.05, 4.69) is 14.9 Å². The Balaban J connectivity index is 2.63. The normalized spacial score (nSPS) is 11.7. The molecule has 20 heavy (non-hydrogen) atoms. The fraction of sp³-hybridized carbons (Fsp3) is 0.357. The first-order valence-electron chi connectivity index (χ1n) is 6.34. The molecule has 0 spiro atoms. The van der Waals surface area contributed by atoms with Gasteiger partial charge in [-0.05, 0) is 62.4 Å². The molecule has 0 radical (unpaired) electrons. The standard InChI is InChI=1S/C14H19N3O2S/c1-8-9(2)11(4)14(12(5)10(8)3)20(18,19)17-13-6-15-16-7-13/h6-7,17H,1-5H3,(H,15,16). The zero-order valence-corrected chi connectivity index (χ0v) is 13.1. The molecule has 0 atom stereocenters. The number of anilines is 1. The molecular weight excluding hydrogens is 274 g/mol. The third kappa shape index (κ3) is 2.31. The van der Waals surface area contributed by atoms with Gasteiger partial charge in [0.25, 0.3) is 10.0 Å². The maximum atomic E-state index is 12.6. The van der Waals surface area contributed by atoms with E-state index in [4.69, 9.17) is 0 Å². The van der Waals surface area contributed by atoms with E-state index >= 15 is 0 Å². The first-order chi connectivity index (χ1) is 9.25. The molecule has 2 N–H and O–H groups in total. The maximum absolute atomic E-state index is 12.6. The lowest BCUT2D eigenvalue weighted by Crippen LogP contribution is -2.17. The first kappa shape index (κ1) is 14.6. The third-order valence-corrected chi connectivity index (χ3v) is 5.60. The molecule has 0 aliphatic rings. The van der Waals surface area contributed by atoms with Crippen LogP contribution < -0.4 is 4.72 Å². The molecule has 2 aromatic rings. The van der Waals surface area contributed by atoms with Gasteiger partial charge in [-0.1, -0.05) is 0 Å². The number of hydrogen-bond donors (Lipinski definition) is 2. The molecule has 0 aliphatic carbocycles. The molecule has 1 aromatic carbocycles. The molecule has 0 saturated heterocycles. The molecule has 1 heterocycles. The lowest BCUT2D eigenvalue weighted by molar-refractivity contribution is 0.599. The highest BCUT2D eigenvalue weighted by atomic mass is 32.2. The highest BCUT2D eigenvalue weighted by Crippen LogP contribution is 2.30. The predicted octanol–water partition coefficient (Wildman–Crippen LogP) is 2.75. The van der Waals surface area contributed by atoms with E-state index in [-0.39, 0.29) is 0 Å². The Morgan fingerprint density at radius 2 is 1.45 bits per heavy atom. The topological polar surface area (TPSA) is 74.8 Å². The van der Waals surface area contributed by atoms with Gasteiger partial charge < -0.3 is 0 Å². The van der Waals surface area contributed by atoms with Crippen LogP contribution in [-0.2, 0) is 10.0 Å². The van der Waals surface area contributed by atoms with Crippen LogP contribution in [-0.4, -0.2) is 18.6 Å². The summed E-state index contributed by atoms with van der Waals surface area (Å²) in [7, 11) is -3.62. The largest absolute Gasteiger partial charge is 0.284 e. The predicted molar refractivity (Wildman–Crippen MR) is 79.5 cm³/mol. The number of sulfonamides is 1. The fourth-order valence-corrected chi connectivity index (χ4v) is 4.02. The van der Waals surface area contributed by atoms with Crippen molar-refractivity contribution in [2.24, 2.45) is 0 Å². The lowest BCUT2D eigenvalue weighted by atomic mass is 9.95. The quantitative estimate of drug-likeness (QED) is 0.913. The van der Waals surface area contributed by atoms with Gasteiger partial charge in [0.05, 0.1) is 16.8 Å². The van der Waals surface area contributed by atoms with Gasteiger partial charge in [0.2, 0.25) is 0 Å². The summed E-state index contributed by atoms with van der Waals surface area (Å²) in [5.41, 5.74) is 5.19. The minimum atomic E-state index is -3.62. The Hall–Kier alpha value is -1.82. The van der Waals surface area contributed by atoms with Crippen molar-refractivity contribution in [1.82, 2.24) is 10.2 Å². The molecule has 0 bridgehead atoms. The minimum absolute atomic E-state index is 0.360. The van der Waals surface area contributed by atoms with Crippen molar-refractivity contribution in [2.75, 3.05) is 4.72 Å². The van der Waals surface area contributed by atoms with E-state index in [0.717, 1.165) is 27.8 Å². The molecule has 1 aromatic heterocycles. The number of H-pyrrole nitrogens is 1. The van der Waals surface area contributed by atoms with Crippen molar-refractivity contribution < 1.29 is 8.42 Å². The Morgan fingerprint density at radius 3 is 1.90 bits per heavy atom. The number of aromatic nitrogens is 2. The molecule has 5 nitrogen and oxygen atoms in total. The number of nitrogens with one attached hydrogen (secondary N) is 2. The van der Waals surface area contributed by atoms with E-state index in [1.165, 1.54) is 12.4 Å². The Kier molecular flexibility index (Phi) is 3.60. The second kappa shape index (κ2) is 4.94. The van der Waals surface area contributed by atoms with Gasteiger partial charge >= 0.3 is 0 Å². The highest BCUT2D eigenvalue weighted by molar-refractivity contribution is 7.92. The summed E-state index contributed by atoms with van der Waals surface area (Å²) < 4.78 is 27.8. The van der Waals surface area contributed by atoms with Crippen LogP contribution in [0.25, 0.3) is 0 Å². The number of rotatable bonds is 3. The number of hydrogen-bond acceptors (Lipinski definition) is 3. The molecule has 2 rings (SSSR count). The Bertz CT molecular complexity index is 718. The summed E-state index contributed by atoms with van der Waals surface area (Å²) in [6.07, 6.45) is 2.95. The van der Waals surface area contributed by atoms with Crippen molar-refractivity contribution in [3.63, 3.8) is 0 Å². The van der Waals surface area contributed by atoms with E-state index in [0.29, 0.717) is 10.6 Å². The van der Waals surface area contributed by atoms with Crippen molar-refractivity contribution in [1.29, 1.82) is 0 Å². The molecule has 108 valence electrons. The summed E-state index contributed by atoms with van der Waals surface area (Å²) in [6.45, 7) is 9.62.